The number of methoxy groups -OCH3 is 4. The predicted molar refractivity (Wildman–Crippen MR) is 190 cm³/mol. The van der Waals surface area contributed by atoms with Gasteiger partial charge in [-0.3, -0.25) is 10.1 Å². The molecule has 52 heavy (non-hydrogen) atoms. The second-order valence-electron chi connectivity index (χ2n) is 14.9. The number of benzene rings is 2. The van der Waals surface area contributed by atoms with Gasteiger partial charge in [0.05, 0.1) is 39.4 Å². The third-order valence-corrected chi connectivity index (χ3v) is 7.68. The van der Waals surface area contributed by atoms with Crippen molar-refractivity contribution in [1.29, 1.82) is 0 Å². The quantitative estimate of drug-likeness (QED) is 0.0648. The van der Waals surface area contributed by atoms with Crippen molar-refractivity contribution < 1.29 is 62.0 Å². The number of nitrogen functional groups attached to an aromatic ring is 1. The number of ether oxygens (including phenoxy) is 8. The van der Waals surface area contributed by atoms with Gasteiger partial charge in [0.1, 0.15) is 24.7 Å². The van der Waals surface area contributed by atoms with E-state index in [9.17, 15) is 29.3 Å². The average molecular weight is 737 g/mol. The molecule has 16 heteroatoms. The first-order valence-corrected chi connectivity index (χ1v) is 16.0. The van der Waals surface area contributed by atoms with E-state index < -0.39 is 45.8 Å². The highest BCUT2D eigenvalue weighted by Gasteiger charge is 2.35. The van der Waals surface area contributed by atoms with Crippen LogP contribution >= 0.6 is 0 Å². The number of hydrogen-bond donors (Lipinski definition) is 1. The van der Waals surface area contributed by atoms with E-state index in [1.165, 1.54) is 27.4 Å². The van der Waals surface area contributed by atoms with E-state index in [4.69, 9.17) is 24.7 Å². The summed E-state index contributed by atoms with van der Waals surface area (Å²) in [5, 5.41) is 11.5. The molecule has 0 amide bonds. The van der Waals surface area contributed by atoms with Crippen LogP contribution in [0.25, 0.3) is 0 Å². The van der Waals surface area contributed by atoms with Gasteiger partial charge in [0.25, 0.3) is 5.69 Å². The van der Waals surface area contributed by atoms with Crippen molar-refractivity contribution in [2.45, 2.75) is 90.9 Å². The van der Waals surface area contributed by atoms with Gasteiger partial charge in [-0.1, -0.05) is 69.2 Å². The second kappa shape index (κ2) is 17.8. The standard InChI is InChI=1S/C18H25NO8.C18H27NO6/c1-17(2,3)11-8-12(18(4,5)10-26-15(20)24-6)14(27-16(21)25-7)9-13(11)19(22)23;1-17(2,3)11-8-12(18(4,5)10-24-15(20)22-6)14(9-13(11)19)25-16(21)23-7/h8-9H,10H2,1-7H3;8-9H,10,19H2,1-7H3. The lowest BCUT2D eigenvalue weighted by Gasteiger charge is -2.30. The zero-order valence-electron chi connectivity index (χ0n) is 32.5. The molecule has 0 unspecified atom stereocenters. The van der Waals surface area contributed by atoms with E-state index in [1.807, 2.05) is 61.5 Å². The van der Waals surface area contributed by atoms with Gasteiger partial charge in [-0.25, -0.2) is 19.2 Å². The van der Waals surface area contributed by atoms with Crippen LogP contribution in [-0.2, 0) is 50.1 Å². The fourth-order valence-electron chi connectivity index (χ4n) is 4.81. The van der Waals surface area contributed by atoms with Gasteiger partial charge in [0, 0.05) is 39.3 Å². The number of carbonyl (C=O) groups excluding carboxylic acids is 4. The lowest BCUT2D eigenvalue weighted by Crippen LogP contribution is -2.28. The summed E-state index contributed by atoms with van der Waals surface area (Å²) in [6, 6.07) is 6.24. The van der Waals surface area contributed by atoms with Gasteiger partial charge in [-0.15, -0.1) is 0 Å². The molecule has 0 aliphatic heterocycles. The Morgan fingerprint density at radius 2 is 0.923 bits per heavy atom. The largest absolute Gasteiger partial charge is 0.513 e. The van der Waals surface area contributed by atoms with Gasteiger partial charge >= 0.3 is 24.6 Å². The zero-order valence-corrected chi connectivity index (χ0v) is 32.5. The van der Waals surface area contributed by atoms with Gasteiger partial charge in [-0.2, -0.15) is 0 Å². The van der Waals surface area contributed by atoms with Crippen molar-refractivity contribution in [2.24, 2.45) is 0 Å². The molecule has 0 saturated heterocycles. The Morgan fingerprint density at radius 1 is 0.577 bits per heavy atom. The van der Waals surface area contributed by atoms with Crippen molar-refractivity contribution >= 4 is 36.0 Å². The molecule has 16 nitrogen and oxygen atoms in total. The van der Waals surface area contributed by atoms with Crippen molar-refractivity contribution in [2.75, 3.05) is 47.4 Å². The minimum atomic E-state index is -1.02. The number of carbonyl (C=O) groups is 4. The van der Waals surface area contributed by atoms with E-state index in [0.29, 0.717) is 22.4 Å². The van der Waals surface area contributed by atoms with E-state index in [-0.39, 0.29) is 35.8 Å². The smallest absolute Gasteiger partial charge is 0.438 e. The first kappa shape index (κ1) is 44.7. The highest BCUT2D eigenvalue weighted by molar-refractivity contribution is 5.69. The summed E-state index contributed by atoms with van der Waals surface area (Å²) in [6.45, 7) is 18.7. The number of nitro benzene ring substituents is 1. The van der Waals surface area contributed by atoms with Crippen LogP contribution < -0.4 is 15.2 Å². The first-order chi connectivity index (χ1) is 23.7. The number of hydrogen-bond acceptors (Lipinski definition) is 15. The molecular formula is C36H52N2O14. The summed E-state index contributed by atoms with van der Waals surface area (Å²) < 4.78 is 38.5. The predicted octanol–water partition coefficient (Wildman–Crippen LogP) is 7.87. The number of anilines is 1. The minimum absolute atomic E-state index is 0.0324. The number of rotatable bonds is 9. The molecule has 2 N–H and O–H groups in total. The van der Waals surface area contributed by atoms with Gasteiger partial charge in [0.2, 0.25) is 0 Å². The van der Waals surface area contributed by atoms with Crippen LogP contribution in [0.1, 0.15) is 91.5 Å². The summed E-state index contributed by atoms with van der Waals surface area (Å²) in [5.74, 6) is 0.218. The molecule has 0 bridgehead atoms. The molecule has 0 aliphatic carbocycles. The van der Waals surface area contributed by atoms with E-state index in [2.05, 4.69) is 18.9 Å². The zero-order chi connectivity index (χ0) is 40.4. The molecule has 0 aromatic heterocycles. The molecule has 2 aromatic rings. The minimum Gasteiger partial charge on any atom is -0.438 e. The van der Waals surface area contributed by atoms with Crippen molar-refractivity contribution in [3.63, 3.8) is 0 Å². The summed E-state index contributed by atoms with van der Waals surface area (Å²) in [7, 11) is 4.78. The fraction of sp³-hybridized carbons (Fsp3) is 0.556. The molecule has 2 rings (SSSR count). The SMILES string of the molecule is COC(=O)OCC(C)(C)c1cc(C(C)(C)C)c(N)cc1OC(=O)OC.COC(=O)OCC(C)(C)c1cc(C(C)(C)C)c([N+](=O)[O-])cc1OC(=O)OC. The summed E-state index contributed by atoms with van der Waals surface area (Å²) in [6.07, 6.45) is -3.51. The average Bonchev–Trinajstić information content (AvgIpc) is 3.04. The van der Waals surface area contributed by atoms with Crippen molar-refractivity contribution in [3.8, 4) is 11.5 Å². The Labute approximate surface area is 304 Å². The Morgan fingerprint density at radius 3 is 1.25 bits per heavy atom. The first-order valence-electron chi connectivity index (χ1n) is 16.0. The molecule has 0 spiro atoms. The molecule has 0 radical (unpaired) electrons. The summed E-state index contributed by atoms with van der Waals surface area (Å²) >= 11 is 0. The maximum absolute atomic E-state index is 11.6. The van der Waals surface area contributed by atoms with Crippen LogP contribution in [0.15, 0.2) is 24.3 Å². The van der Waals surface area contributed by atoms with Gasteiger partial charge in [-0.05, 0) is 28.5 Å². The molecule has 0 fully saturated rings. The van der Waals surface area contributed by atoms with E-state index in [0.717, 1.165) is 12.7 Å². The van der Waals surface area contributed by atoms with E-state index >= 15 is 0 Å². The maximum Gasteiger partial charge on any atom is 0.513 e. The molecule has 0 saturated carbocycles. The van der Waals surface area contributed by atoms with Crippen LogP contribution in [-0.4, -0.2) is 71.2 Å². The normalized spacial score (nSPS) is 11.6. The Bertz CT molecular complexity index is 1620. The number of nitrogens with zero attached hydrogens (tertiary/aromatic N) is 1. The van der Waals surface area contributed by atoms with Gasteiger partial charge in [0.15, 0.2) is 0 Å². The van der Waals surface area contributed by atoms with E-state index in [1.54, 1.807) is 26.0 Å². The molecule has 0 heterocycles. The summed E-state index contributed by atoms with van der Waals surface area (Å²) in [4.78, 5) is 56.8. The van der Waals surface area contributed by atoms with Crippen LogP contribution in [0, 0.1) is 10.1 Å². The summed E-state index contributed by atoms with van der Waals surface area (Å²) in [5.41, 5.74) is 6.64. The molecule has 0 atom stereocenters. The lowest BCUT2D eigenvalue weighted by atomic mass is 9.78. The monoisotopic (exact) mass is 736 g/mol. The highest BCUT2D eigenvalue weighted by Crippen LogP contribution is 2.42. The molecular weight excluding hydrogens is 684 g/mol. The third-order valence-electron chi connectivity index (χ3n) is 7.68. The Kier molecular flexibility index (Phi) is 15.3. The second-order valence-corrected chi connectivity index (χ2v) is 14.9. The Balaban J connectivity index is 0.000000522. The third kappa shape index (κ3) is 12.5. The van der Waals surface area contributed by atoms with Crippen LogP contribution in [0.2, 0.25) is 0 Å². The Hall–Kier alpha value is -5.28. The van der Waals surface area contributed by atoms with Gasteiger partial charge < -0.3 is 43.6 Å². The van der Waals surface area contributed by atoms with Crippen LogP contribution in [0.4, 0.5) is 30.6 Å². The van der Waals surface area contributed by atoms with Crippen molar-refractivity contribution in [3.05, 3.63) is 56.6 Å². The fourth-order valence-corrected chi connectivity index (χ4v) is 4.81. The van der Waals surface area contributed by atoms with Crippen molar-refractivity contribution in [1.82, 2.24) is 0 Å². The molecule has 290 valence electrons. The maximum atomic E-state index is 11.6. The topological polar surface area (TPSA) is 211 Å². The number of nitrogens with two attached hydrogens (primary N) is 1. The molecule has 0 aliphatic rings. The van der Waals surface area contributed by atoms with Crippen LogP contribution in [0.3, 0.4) is 0 Å². The highest BCUT2D eigenvalue weighted by atomic mass is 16.7. The van der Waals surface area contributed by atoms with Crippen LogP contribution in [0.5, 0.6) is 11.5 Å². The molecule has 2 aromatic carbocycles. The lowest BCUT2D eigenvalue weighted by molar-refractivity contribution is -0.386. The number of nitro groups is 1.